The van der Waals surface area contributed by atoms with E-state index in [1.54, 1.807) is 0 Å². The van der Waals surface area contributed by atoms with Crippen molar-refractivity contribution in [2.75, 3.05) is 26.9 Å². The van der Waals surface area contributed by atoms with Crippen LogP contribution in [-0.2, 0) is 19.1 Å². The smallest absolute Gasteiger partial charge is 0.345 e. The van der Waals surface area contributed by atoms with Crippen LogP contribution in [0.1, 0.15) is 19.3 Å². The van der Waals surface area contributed by atoms with Crippen LogP contribution in [0.4, 0.5) is 0 Å². The summed E-state index contributed by atoms with van der Waals surface area (Å²) in [5, 5.41) is 10.2. The quantitative estimate of drug-likeness (QED) is 0.562. The zero-order valence-corrected chi connectivity index (χ0v) is 11.3. The minimum Gasteiger partial charge on any atom is -0.505 e. The number of hydrogen-bond donors (Lipinski definition) is 1. The van der Waals surface area contributed by atoms with Crippen molar-refractivity contribution >= 4 is 11.8 Å². The molecule has 6 nitrogen and oxygen atoms in total. The molecule has 6 heteroatoms. The average Bonchev–Trinajstić information content (AvgIpc) is 2.97. The van der Waals surface area contributed by atoms with Gasteiger partial charge in [-0.2, -0.15) is 0 Å². The van der Waals surface area contributed by atoms with Gasteiger partial charge >= 0.3 is 5.97 Å². The Balaban J connectivity index is 2.13. The summed E-state index contributed by atoms with van der Waals surface area (Å²) >= 11 is 0. The van der Waals surface area contributed by atoms with Crippen molar-refractivity contribution in [3.8, 4) is 0 Å². The minimum atomic E-state index is -0.772. The molecule has 3 heterocycles. The number of fused-ring (bicyclic) bond motifs is 2. The lowest BCUT2D eigenvalue weighted by Crippen LogP contribution is -2.60. The SMILES string of the molecule is COC(=O)C1=C(O)C2=CCCN2C2(CCOCC2)C1=O. The molecule has 1 N–H and O–H groups in total. The Morgan fingerprint density at radius 3 is 2.80 bits per heavy atom. The number of ketones is 1. The number of ether oxygens (including phenoxy) is 2. The summed E-state index contributed by atoms with van der Waals surface area (Å²) in [7, 11) is 1.21. The highest BCUT2D eigenvalue weighted by atomic mass is 16.5. The van der Waals surface area contributed by atoms with Gasteiger partial charge in [-0.25, -0.2) is 4.79 Å². The molecular formula is C14H17NO5. The van der Waals surface area contributed by atoms with Gasteiger partial charge < -0.3 is 19.5 Å². The molecule has 0 aromatic carbocycles. The molecule has 0 bridgehead atoms. The Kier molecular flexibility index (Phi) is 3.05. The number of aliphatic hydroxyl groups excluding tert-OH is 1. The molecular weight excluding hydrogens is 262 g/mol. The monoisotopic (exact) mass is 279 g/mol. The molecule has 0 aromatic rings. The lowest BCUT2D eigenvalue weighted by Gasteiger charge is -2.48. The summed E-state index contributed by atoms with van der Waals surface area (Å²) < 4.78 is 10.0. The van der Waals surface area contributed by atoms with Crippen LogP contribution in [0.15, 0.2) is 23.1 Å². The zero-order valence-electron chi connectivity index (χ0n) is 11.3. The molecule has 3 aliphatic rings. The van der Waals surface area contributed by atoms with Gasteiger partial charge in [-0.15, -0.1) is 0 Å². The van der Waals surface area contributed by atoms with Gasteiger partial charge in [0.1, 0.15) is 11.1 Å². The van der Waals surface area contributed by atoms with E-state index in [4.69, 9.17) is 4.74 Å². The lowest BCUT2D eigenvalue weighted by molar-refractivity contribution is -0.143. The molecule has 0 radical (unpaired) electrons. The van der Waals surface area contributed by atoms with Crippen molar-refractivity contribution in [2.45, 2.75) is 24.8 Å². The van der Waals surface area contributed by atoms with Crippen molar-refractivity contribution in [3.63, 3.8) is 0 Å². The Bertz CT molecular complexity index is 528. The van der Waals surface area contributed by atoms with Gasteiger partial charge in [-0.05, 0) is 6.42 Å². The van der Waals surface area contributed by atoms with Gasteiger partial charge in [0.2, 0.25) is 0 Å². The predicted molar refractivity (Wildman–Crippen MR) is 68.9 cm³/mol. The molecule has 1 spiro atoms. The van der Waals surface area contributed by atoms with E-state index in [2.05, 4.69) is 4.74 Å². The molecule has 20 heavy (non-hydrogen) atoms. The number of Topliss-reactive ketones (excluding diaryl/α,β-unsaturated/α-hetero) is 1. The predicted octanol–water partition coefficient (Wildman–Crippen LogP) is 0.693. The minimum absolute atomic E-state index is 0.223. The van der Waals surface area contributed by atoms with E-state index >= 15 is 0 Å². The van der Waals surface area contributed by atoms with E-state index in [-0.39, 0.29) is 17.1 Å². The summed E-state index contributed by atoms with van der Waals surface area (Å²) in [4.78, 5) is 26.6. The third kappa shape index (κ3) is 1.61. The number of esters is 1. The second kappa shape index (κ2) is 4.63. The highest BCUT2D eigenvalue weighted by molar-refractivity contribution is 6.22. The van der Waals surface area contributed by atoms with Crippen LogP contribution in [0.5, 0.6) is 0 Å². The van der Waals surface area contributed by atoms with Gasteiger partial charge in [-0.3, -0.25) is 4.79 Å². The Morgan fingerprint density at radius 2 is 2.15 bits per heavy atom. The first-order valence-electron chi connectivity index (χ1n) is 6.74. The topological polar surface area (TPSA) is 76.1 Å². The van der Waals surface area contributed by atoms with E-state index in [1.165, 1.54) is 7.11 Å². The maximum Gasteiger partial charge on any atom is 0.345 e. The van der Waals surface area contributed by atoms with Gasteiger partial charge in [-0.1, -0.05) is 6.08 Å². The largest absolute Gasteiger partial charge is 0.505 e. The fraction of sp³-hybridized carbons (Fsp3) is 0.571. The molecule has 3 aliphatic heterocycles. The van der Waals surface area contributed by atoms with Crippen LogP contribution in [0.2, 0.25) is 0 Å². The number of methoxy groups -OCH3 is 1. The van der Waals surface area contributed by atoms with E-state index in [0.717, 1.165) is 6.42 Å². The lowest BCUT2D eigenvalue weighted by atomic mass is 9.77. The zero-order chi connectivity index (χ0) is 14.3. The standard InChI is InChI=1S/C14H17NO5/c1-19-13(18)10-11(16)9-3-2-6-15(9)14(12(10)17)4-7-20-8-5-14/h3,16H,2,4-8H2,1H3. The Hall–Kier alpha value is -1.82. The first kappa shape index (κ1) is 13.2. The normalized spacial score (nSPS) is 24.8. The number of rotatable bonds is 1. The number of hydrogen-bond acceptors (Lipinski definition) is 6. The van der Waals surface area contributed by atoms with Crippen LogP contribution in [0.25, 0.3) is 0 Å². The number of aliphatic hydroxyl groups is 1. The van der Waals surface area contributed by atoms with Crippen molar-refractivity contribution in [1.82, 2.24) is 4.90 Å². The first-order valence-corrected chi connectivity index (χ1v) is 6.74. The van der Waals surface area contributed by atoms with Crippen molar-refractivity contribution in [2.24, 2.45) is 0 Å². The molecule has 0 unspecified atom stereocenters. The first-order chi connectivity index (χ1) is 9.62. The van der Waals surface area contributed by atoms with Crippen LogP contribution < -0.4 is 0 Å². The molecule has 0 aromatic heterocycles. The second-order valence-corrected chi connectivity index (χ2v) is 5.22. The summed E-state index contributed by atoms with van der Waals surface area (Å²) in [6, 6.07) is 0. The second-order valence-electron chi connectivity index (χ2n) is 5.22. The summed E-state index contributed by atoms with van der Waals surface area (Å²) in [5.41, 5.74) is -0.415. The van der Waals surface area contributed by atoms with Gasteiger partial charge in [0, 0.05) is 32.6 Å². The molecule has 1 fully saturated rings. The van der Waals surface area contributed by atoms with Crippen molar-refractivity contribution in [1.29, 1.82) is 0 Å². The summed E-state index contributed by atoms with van der Waals surface area (Å²) in [6.45, 7) is 1.63. The van der Waals surface area contributed by atoms with E-state index in [9.17, 15) is 14.7 Å². The number of carbonyl (C=O) groups is 2. The van der Waals surface area contributed by atoms with E-state index in [1.807, 2.05) is 11.0 Å². The molecule has 108 valence electrons. The van der Waals surface area contributed by atoms with Gasteiger partial charge in [0.05, 0.1) is 12.8 Å². The Morgan fingerprint density at radius 1 is 1.45 bits per heavy atom. The fourth-order valence-corrected chi connectivity index (χ4v) is 3.32. The van der Waals surface area contributed by atoms with E-state index in [0.29, 0.717) is 38.3 Å². The van der Waals surface area contributed by atoms with Crippen LogP contribution >= 0.6 is 0 Å². The third-order valence-corrected chi connectivity index (χ3v) is 4.34. The Labute approximate surface area is 116 Å². The summed E-state index contributed by atoms with van der Waals surface area (Å²) in [5.74, 6) is -1.37. The van der Waals surface area contributed by atoms with Crippen LogP contribution in [-0.4, -0.2) is 54.2 Å². The van der Waals surface area contributed by atoms with Gasteiger partial charge in [0.25, 0.3) is 0 Å². The maximum atomic E-state index is 12.8. The number of nitrogens with zero attached hydrogens (tertiary/aromatic N) is 1. The number of carbonyl (C=O) groups excluding carboxylic acids is 2. The molecule has 3 rings (SSSR count). The molecule has 0 saturated carbocycles. The van der Waals surface area contributed by atoms with E-state index < -0.39 is 11.5 Å². The highest BCUT2D eigenvalue weighted by Gasteiger charge is 2.54. The average molecular weight is 279 g/mol. The fourth-order valence-electron chi connectivity index (χ4n) is 3.32. The molecule has 0 atom stereocenters. The van der Waals surface area contributed by atoms with Crippen LogP contribution in [0, 0.1) is 0 Å². The van der Waals surface area contributed by atoms with Crippen molar-refractivity contribution in [3.05, 3.63) is 23.1 Å². The summed E-state index contributed by atoms with van der Waals surface area (Å²) in [6.07, 6.45) is 3.67. The maximum absolute atomic E-state index is 12.8. The van der Waals surface area contributed by atoms with Gasteiger partial charge in [0.15, 0.2) is 11.5 Å². The van der Waals surface area contributed by atoms with Crippen LogP contribution in [0.3, 0.4) is 0 Å². The van der Waals surface area contributed by atoms with Crippen molar-refractivity contribution < 1.29 is 24.2 Å². The molecule has 0 amide bonds. The highest BCUT2D eigenvalue weighted by Crippen LogP contribution is 2.43. The molecule has 1 saturated heterocycles. The molecule has 0 aliphatic carbocycles. The third-order valence-electron chi connectivity index (χ3n) is 4.34.